The van der Waals surface area contributed by atoms with Crippen LogP contribution >= 0.6 is 24.0 Å². The molecule has 0 aromatic carbocycles. The maximum atomic E-state index is 11.3. The summed E-state index contributed by atoms with van der Waals surface area (Å²) >= 11 is 0. The number of aliphatic imine (C=N–C) groups is 1. The minimum Gasteiger partial charge on any atom is -0.383 e. The molecule has 2 N–H and O–H groups in total. The number of nitrogens with one attached hydrogen (secondary N) is 2. The van der Waals surface area contributed by atoms with Gasteiger partial charge in [-0.2, -0.15) is 0 Å². The van der Waals surface area contributed by atoms with Crippen LogP contribution in [0.5, 0.6) is 0 Å². The van der Waals surface area contributed by atoms with Crippen LogP contribution in [0.15, 0.2) is 4.99 Å². The summed E-state index contributed by atoms with van der Waals surface area (Å²) in [5.74, 6) is 1.28. The van der Waals surface area contributed by atoms with Crippen LogP contribution in [0, 0.1) is 0 Å². The van der Waals surface area contributed by atoms with Gasteiger partial charge in [0.1, 0.15) is 0 Å². The third-order valence-electron chi connectivity index (χ3n) is 2.98. The zero-order chi connectivity index (χ0) is 14.1. The van der Waals surface area contributed by atoms with Gasteiger partial charge >= 0.3 is 0 Å². The lowest BCUT2D eigenvalue weighted by atomic mass is 10.4. The number of nitrogens with zero attached hydrogens (tertiary/aromatic N) is 2. The molecule has 1 aliphatic rings. The first kappa shape index (κ1) is 19.9. The third kappa shape index (κ3) is 8.22. The molecule has 0 radical (unpaired) electrons. The van der Waals surface area contributed by atoms with Crippen molar-refractivity contribution in [1.29, 1.82) is 0 Å². The molecule has 1 heterocycles. The molecule has 1 rings (SSSR count). The van der Waals surface area contributed by atoms with E-state index in [2.05, 4.69) is 20.5 Å². The second-order valence-corrected chi connectivity index (χ2v) is 6.72. The number of halogens is 1. The summed E-state index contributed by atoms with van der Waals surface area (Å²) in [6.07, 6.45) is 0. The average Bonchev–Trinajstić information content (AvgIpc) is 2.39. The van der Waals surface area contributed by atoms with E-state index in [0.717, 1.165) is 19.0 Å². The van der Waals surface area contributed by atoms with E-state index in [9.17, 15) is 8.42 Å². The van der Waals surface area contributed by atoms with Crippen LogP contribution < -0.4 is 10.6 Å². The number of ether oxygens (including phenoxy) is 1. The van der Waals surface area contributed by atoms with Gasteiger partial charge in [0.15, 0.2) is 15.8 Å². The minimum absolute atomic E-state index is 0. The van der Waals surface area contributed by atoms with Crippen molar-refractivity contribution in [3.63, 3.8) is 0 Å². The summed E-state index contributed by atoms with van der Waals surface area (Å²) in [6.45, 7) is 4.15. The van der Waals surface area contributed by atoms with Crippen molar-refractivity contribution in [2.75, 3.05) is 65.0 Å². The lowest BCUT2D eigenvalue weighted by Crippen LogP contribution is -2.46. The molecule has 1 saturated heterocycles. The first-order chi connectivity index (χ1) is 9.07. The highest BCUT2D eigenvalue weighted by Gasteiger charge is 2.20. The fraction of sp³-hybridized carbons (Fsp3) is 0.909. The fourth-order valence-corrected chi connectivity index (χ4v) is 3.08. The van der Waals surface area contributed by atoms with E-state index in [4.69, 9.17) is 4.74 Å². The number of guanidine groups is 1. The Balaban J connectivity index is 0.00000361. The molecule has 7 nitrogen and oxygen atoms in total. The standard InChI is InChI=1S/C11H24N4O3S.HI/c1-12-11(14-4-8-18-2)13-3-5-15-6-9-19(16,17)10-7-15;/h3-10H2,1-2H3,(H2,12,13,14);1H. The maximum absolute atomic E-state index is 11.3. The van der Waals surface area contributed by atoms with Crippen LogP contribution in [-0.2, 0) is 14.6 Å². The van der Waals surface area contributed by atoms with Crippen LogP contribution in [0.2, 0.25) is 0 Å². The molecule has 0 amide bonds. The predicted octanol–water partition coefficient (Wildman–Crippen LogP) is -0.854. The maximum Gasteiger partial charge on any atom is 0.191 e. The lowest BCUT2D eigenvalue weighted by Gasteiger charge is -2.26. The first-order valence-electron chi connectivity index (χ1n) is 6.43. The van der Waals surface area contributed by atoms with Gasteiger partial charge in [0.2, 0.25) is 0 Å². The predicted molar refractivity (Wildman–Crippen MR) is 91.7 cm³/mol. The lowest BCUT2D eigenvalue weighted by molar-refractivity contribution is 0.203. The molecular weight excluding hydrogens is 395 g/mol. The number of hydrogen-bond donors (Lipinski definition) is 2. The summed E-state index contributed by atoms with van der Waals surface area (Å²) in [4.78, 5) is 6.24. The molecule has 0 aliphatic carbocycles. The van der Waals surface area contributed by atoms with Gasteiger partial charge in [-0.1, -0.05) is 0 Å². The summed E-state index contributed by atoms with van der Waals surface area (Å²) in [7, 11) is 0.584. The van der Waals surface area contributed by atoms with Gasteiger partial charge in [0.05, 0.1) is 18.1 Å². The Kier molecular flexibility index (Phi) is 10.5. The van der Waals surface area contributed by atoms with Gasteiger partial charge in [-0.25, -0.2) is 8.42 Å². The molecule has 9 heteroatoms. The monoisotopic (exact) mass is 420 g/mol. The largest absolute Gasteiger partial charge is 0.383 e. The Morgan fingerprint density at radius 3 is 2.40 bits per heavy atom. The van der Waals surface area contributed by atoms with Crippen LogP contribution in [0.3, 0.4) is 0 Å². The second-order valence-electron chi connectivity index (χ2n) is 4.41. The number of sulfone groups is 1. The first-order valence-corrected chi connectivity index (χ1v) is 8.26. The van der Waals surface area contributed by atoms with Gasteiger partial charge < -0.3 is 15.4 Å². The number of methoxy groups -OCH3 is 1. The normalized spacial score (nSPS) is 19.2. The van der Waals surface area contributed by atoms with E-state index in [1.807, 2.05) is 0 Å². The summed E-state index contributed by atoms with van der Waals surface area (Å²) in [5, 5.41) is 6.31. The van der Waals surface area contributed by atoms with E-state index in [0.29, 0.717) is 26.2 Å². The van der Waals surface area contributed by atoms with E-state index < -0.39 is 9.84 Å². The molecular formula is C11H25IN4O3S. The van der Waals surface area contributed by atoms with E-state index in [1.54, 1.807) is 14.2 Å². The minimum atomic E-state index is -2.79. The van der Waals surface area contributed by atoms with Crippen molar-refractivity contribution < 1.29 is 13.2 Å². The van der Waals surface area contributed by atoms with Crippen molar-refractivity contribution in [3.05, 3.63) is 0 Å². The molecule has 1 fully saturated rings. The van der Waals surface area contributed by atoms with Gasteiger partial charge in [-0.05, 0) is 0 Å². The molecule has 0 aromatic rings. The van der Waals surface area contributed by atoms with Crippen LogP contribution in [-0.4, -0.2) is 84.3 Å². The van der Waals surface area contributed by atoms with Crippen molar-refractivity contribution in [2.45, 2.75) is 0 Å². The Morgan fingerprint density at radius 2 is 1.85 bits per heavy atom. The zero-order valence-corrected chi connectivity index (χ0v) is 15.2. The van der Waals surface area contributed by atoms with Gasteiger partial charge in [0.25, 0.3) is 0 Å². The Hall–Kier alpha value is -0.130. The molecule has 0 bridgehead atoms. The summed E-state index contributed by atoms with van der Waals surface area (Å²) in [5.41, 5.74) is 0. The molecule has 0 atom stereocenters. The SMILES string of the molecule is CN=C(NCCOC)NCCN1CCS(=O)(=O)CC1.I. The summed E-state index contributed by atoms with van der Waals surface area (Å²) in [6, 6.07) is 0. The van der Waals surface area contributed by atoms with E-state index in [-0.39, 0.29) is 35.5 Å². The summed E-state index contributed by atoms with van der Waals surface area (Å²) < 4.78 is 27.5. The van der Waals surface area contributed by atoms with Crippen molar-refractivity contribution in [3.8, 4) is 0 Å². The van der Waals surface area contributed by atoms with Crippen molar-refractivity contribution in [1.82, 2.24) is 15.5 Å². The second kappa shape index (κ2) is 10.6. The highest BCUT2D eigenvalue weighted by atomic mass is 127. The quantitative estimate of drug-likeness (QED) is 0.252. The molecule has 20 heavy (non-hydrogen) atoms. The molecule has 0 spiro atoms. The number of hydrogen-bond acceptors (Lipinski definition) is 5. The molecule has 0 aromatic heterocycles. The molecule has 0 saturated carbocycles. The topological polar surface area (TPSA) is 83.0 Å². The van der Waals surface area contributed by atoms with Gasteiger partial charge in [0, 0.05) is 46.9 Å². The van der Waals surface area contributed by atoms with Gasteiger partial charge in [-0.15, -0.1) is 24.0 Å². The van der Waals surface area contributed by atoms with E-state index >= 15 is 0 Å². The third-order valence-corrected chi connectivity index (χ3v) is 4.59. The number of rotatable bonds is 6. The average molecular weight is 420 g/mol. The van der Waals surface area contributed by atoms with Crippen LogP contribution in [0.25, 0.3) is 0 Å². The van der Waals surface area contributed by atoms with Gasteiger partial charge in [-0.3, -0.25) is 9.89 Å². The van der Waals surface area contributed by atoms with Crippen LogP contribution in [0.4, 0.5) is 0 Å². The van der Waals surface area contributed by atoms with Crippen molar-refractivity contribution >= 4 is 39.8 Å². The molecule has 0 unspecified atom stereocenters. The molecule has 1 aliphatic heterocycles. The fourth-order valence-electron chi connectivity index (χ4n) is 1.80. The smallest absolute Gasteiger partial charge is 0.191 e. The van der Waals surface area contributed by atoms with E-state index in [1.165, 1.54) is 0 Å². The highest BCUT2D eigenvalue weighted by molar-refractivity contribution is 14.0. The van der Waals surface area contributed by atoms with Crippen molar-refractivity contribution in [2.24, 2.45) is 4.99 Å². The Morgan fingerprint density at radius 1 is 1.25 bits per heavy atom. The Labute approximate surface area is 138 Å². The molecule has 120 valence electrons. The highest BCUT2D eigenvalue weighted by Crippen LogP contribution is 2.02. The zero-order valence-electron chi connectivity index (χ0n) is 12.1. The Bertz CT molecular complexity index is 375. The van der Waals surface area contributed by atoms with Crippen LogP contribution in [0.1, 0.15) is 0 Å².